The molecule has 0 radical (unpaired) electrons. The molecule has 0 bridgehead atoms. The summed E-state index contributed by atoms with van der Waals surface area (Å²) in [5.74, 6) is 1.51. The summed E-state index contributed by atoms with van der Waals surface area (Å²) in [5.41, 5.74) is 0. The predicted octanol–water partition coefficient (Wildman–Crippen LogP) is 2.65. The number of aromatic nitrogens is 2. The number of aliphatic hydroxyl groups excluding tert-OH is 1. The summed E-state index contributed by atoms with van der Waals surface area (Å²) in [6.45, 7) is 2.10. The molecule has 1 aliphatic rings. The Kier molecular flexibility index (Phi) is 5.34. The van der Waals surface area contributed by atoms with Crippen molar-refractivity contribution in [2.45, 2.75) is 64.1 Å². The van der Waals surface area contributed by atoms with Crippen LogP contribution in [0.1, 0.15) is 63.3 Å². The highest BCUT2D eigenvalue weighted by atomic mass is 16.5. The second kappa shape index (κ2) is 7.01. The van der Waals surface area contributed by atoms with Gasteiger partial charge in [0.15, 0.2) is 0 Å². The maximum absolute atomic E-state index is 9.96. The van der Waals surface area contributed by atoms with E-state index in [0.717, 1.165) is 32.1 Å². The number of nitrogens with zero attached hydrogens (tertiary/aromatic N) is 2. The first-order chi connectivity index (χ1) is 9.24. The lowest BCUT2D eigenvalue weighted by atomic mass is 9.84. The van der Waals surface area contributed by atoms with Crippen LogP contribution >= 0.6 is 0 Å². The van der Waals surface area contributed by atoms with Gasteiger partial charge >= 0.3 is 0 Å². The van der Waals surface area contributed by atoms with Crippen LogP contribution in [0.25, 0.3) is 0 Å². The topological polar surface area (TPSA) is 68.4 Å². The van der Waals surface area contributed by atoms with Crippen molar-refractivity contribution < 1.29 is 14.4 Å². The molecule has 1 aromatic heterocycles. The maximum atomic E-state index is 9.96. The van der Waals surface area contributed by atoms with E-state index in [1.807, 2.05) is 0 Å². The molecule has 1 saturated carbocycles. The molecule has 0 saturated heterocycles. The van der Waals surface area contributed by atoms with Crippen molar-refractivity contribution in [1.29, 1.82) is 0 Å². The van der Waals surface area contributed by atoms with Gasteiger partial charge in [0.25, 0.3) is 0 Å². The fourth-order valence-electron chi connectivity index (χ4n) is 2.75. The molecule has 5 heteroatoms. The lowest BCUT2D eigenvalue weighted by Crippen LogP contribution is -2.26. The third-order valence-electron chi connectivity index (χ3n) is 3.91. The second-order valence-corrected chi connectivity index (χ2v) is 5.38. The molecule has 1 N–H and O–H groups in total. The van der Waals surface area contributed by atoms with Crippen molar-refractivity contribution in [1.82, 2.24) is 10.1 Å². The summed E-state index contributed by atoms with van der Waals surface area (Å²) in [7, 11) is 1.67. The van der Waals surface area contributed by atoms with Gasteiger partial charge in [-0.3, -0.25) is 0 Å². The summed E-state index contributed by atoms with van der Waals surface area (Å²) in [6, 6.07) is 0. The molecular weight excluding hydrogens is 244 g/mol. The lowest BCUT2D eigenvalue weighted by molar-refractivity contribution is 0.0656. The number of hydrogen-bond acceptors (Lipinski definition) is 5. The standard InChI is InChI=1S/C14H24N2O3/c1-3-6-12(18-2)14-15-13(19-16-14)9-10-7-4-5-8-11(10)17/h10-12,17H,3-9H2,1-2H3. The first-order valence-corrected chi connectivity index (χ1v) is 7.28. The predicted molar refractivity (Wildman–Crippen MR) is 70.6 cm³/mol. The van der Waals surface area contributed by atoms with Crippen LogP contribution in [0.15, 0.2) is 4.52 Å². The first kappa shape index (κ1) is 14.5. The van der Waals surface area contributed by atoms with Gasteiger partial charge in [0.05, 0.1) is 6.10 Å². The van der Waals surface area contributed by atoms with Crippen molar-refractivity contribution in [3.8, 4) is 0 Å². The SMILES string of the molecule is CCCC(OC)c1noc(CC2CCCCC2O)n1. The van der Waals surface area contributed by atoms with E-state index in [-0.39, 0.29) is 18.1 Å². The van der Waals surface area contributed by atoms with Crippen LogP contribution in [-0.2, 0) is 11.2 Å². The van der Waals surface area contributed by atoms with Crippen LogP contribution in [-0.4, -0.2) is 28.5 Å². The van der Waals surface area contributed by atoms with E-state index in [1.165, 1.54) is 6.42 Å². The second-order valence-electron chi connectivity index (χ2n) is 5.38. The number of ether oxygens (including phenoxy) is 1. The van der Waals surface area contributed by atoms with Gasteiger partial charge < -0.3 is 14.4 Å². The molecule has 5 nitrogen and oxygen atoms in total. The van der Waals surface area contributed by atoms with Crippen LogP contribution < -0.4 is 0 Å². The summed E-state index contributed by atoms with van der Waals surface area (Å²) in [6.07, 6.45) is 6.51. The number of hydrogen-bond donors (Lipinski definition) is 1. The Morgan fingerprint density at radius 1 is 1.42 bits per heavy atom. The van der Waals surface area contributed by atoms with E-state index in [2.05, 4.69) is 17.1 Å². The van der Waals surface area contributed by atoms with Crippen molar-refractivity contribution in [3.05, 3.63) is 11.7 Å². The molecule has 1 fully saturated rings. The molecule has 108 valence electrons. The summed E-state index contributed by atoms with van der Waals surface area (Å²) >= 11 is 0. The third kappa shape index (κ3) is 3.76. The van der Waals surface area contributed by atoms with Crippen molar-refractivity contribution in [3.63, 3.8) is 0 Å². The molecular formula is C14H24N2O3. The molecule has 19 heavy (non-hydrogen) atoms. The van der Waals surface area contributed by atoms with Gasteiger partial charge in [-0.2, -0.15) is 4.98 Å². The highest BCUT2D eigenvalue weighted by molar-refractivity contribution is 4.93. The Bertz CT molecular complexity index is 381. The van der Waals surface area contributed by atoms with Gasteiger partial charge in [0, 0.05) is 13.5 Å². The van der Waals surface area contributed by atoms with Gasteiger partial charge in [-0.15, -0.1) is 0 Å². The quantitative estimate of drug-likeness (QED) is 0.859. The largest absolute Gasteiger partial charge is 0.393 e. The van der Waals surface area contributed by atoms with Gasteiger partial charge in [-0.05, 0) is 25.2 Å². The Morgan fingerprint density at radius 2 is 2.21 bits per heavy atom. The maximum Gasteiger partial charge on any atom is 0.227 e. The molecule has 1 aromatic rings. The molecule has 1 heterocycles. The van der Waals surface area contributed by atoms with Crippen LogP contribution in [0.2, 0.25) is 0 Å². The zero-order valence-corrected chi connectivity index (χ0v) is 11.8. The molecule has 3 unspecified atom stereocenters. The average molecular weight is 268 g/mol. The highest BCUT2D eigenvalue weighted by Crippen LogP contribution is 2.27. The lowest BCUT2D eigenvalue weighted by Gasteiger charge is -2.26. The van der Waals surface area contributed by atoms with Crippen LogP contribution in [0.4, 0.5) is 0 Å². The molecule has 0 spiro atoms. The first-order valence-electron chi connectivity index (χ1n) is 7.28. The zero-order valence-electron chi connectivity index (χ0n) is 11.8. The number of aliphatic hydroxyl groups is 1. The van der Waals surface area contributed by atoms with E-state index >= 15 is 0 Å². The molecule has 3 atom stereocenters. The molecule has 0 aliphatic heterocycles. The van der Waals surface area contributed by atoms with Gasteiger partial charge in [-0.25, -0.2) is 0 Å². The minimum Gasteiger partial charge on any atom is -0.393 e. The van der Waals surface area contributed by atoms with E-state index in [1.54, 1.807) is 7.11 Å². The minimum absolute atomic E-state index is 0.0845. The summed E-state index contributed by atoms with van der Waals surface area (Å²) < 4.78 is 10.7. The van der Waals surface area contributed by atoms with Crippen molar-refractivity contribution in [2.24, 2.45) is 5.92 Å². The van der Waals surface area contributed by atoms with Crippen LogP contribution in [0.3, 0.4) is 0 Å². The summed E-state index contributed by atoms with van der Waals surface area (Å²) in [5, 5.41) is 14.0. The van der Waals surface area contributed by atoms with Crippen LogP contribution in [0, 0.1) is 5.92 Å². The Labute approximate surface area is 114 Å². The van der Waals surface area contributed by atoms with Gasteiger partial charge in [-0.1, -0.05) is 31.3 Å². The highest BCUT2D eigenvalue weighted by Gasteiger charge is 2.26. The molecule has 2 rings (SSSR count). The van der Waals surface area contributed by atoms with E-state index in [9.17, 15) is 5.11 Å². The van der Waals surface area contributed by atoms with Crippen molar-refractivity contribution >= 4 is 0 Å². The molecule has 1 aliphatic carbocycles. The number of methoxy groups -OCH3 is 1. The fraction of sp³-hybridized carbons (Fsp3) is 0.857. The van der Waals surface area contributed by atoms with Gasteiger partial charge in [0.2, 0.25) is 11.7 Å². The van der Waals surface area contributed by atoms with Gasteiger partial charge in [0.1, 0.15) is 6.10 Å². The third-order valence-corrected chi connectivity index (χ3v) is 3.91. The Hall–Kier alpha value is -0.940. The average Bonchev–Trinajstić information content (AvgIpc) is 2.87. The Balaban J connectivity index is 1.96. The summed E-state index contributed by atoms with van der Waals surface area (Å²) in [4.78, 5) is 4.41. The van der Waals surface area contributed by atoms with E-state index < -0.39 is 0 Å². The van der Waals surface area contributed by atoms with Crippen LogP contribution in [0.5, 0.6) is 0 Å². The zero-order chi connectivity index (χ0) is 13.7. The smallest absolute Gasteiger partial charge is 0.227 e. The number of rotatable bonds is 6. The molecule has 0 aromatic carbocycles. The fourth-order valence-corrected chi connectivity index (χ4v) is 2.75. The van der Waals surface area contributed by atoms with E-state index in [0.29, 0.717) is 18.1 Å². The monoisotopic (exact) mass is 268 g/mol. The molecule has 0 amide bonds. The minimum atomic E-state index is -0.224. The normalized spacial score (nSPS) is 25.4. The van der Waals surface area contributed by atoms with Crippen molar-refractivity contribution in [2.75, 3.05) is 7.11 Å². The van der Waals surface area contributed by atoms with E-state index in [4.69, 9.17) is 9.26 Å². The Morgan fingerprint density at radius 3 is 2.89 bits per heavy atom.